The van der Waals surface area contributed by atoms with E-state index < -0.39 is 45.6 Å². The fourth-order valence-corrected chi connectivity index (χ4v) is 6.25. The number of amides is 1. The number of carbonyl (C=O) groups is 2. The quantitative estimate of drug-likeness (QED) is 0.0809. The van der Waals surface area contributed by atoms with Gasteiger partial charge in [0.25, 0.3) is 5.91 Å². The van der Waals surface area contributed by atoms with Crippen LogP contribution in [0, 0.1) is 0 Å². The van der Waals surface area contributed by atoms with E-state index in [-0.39, 0.29) is 52.9 Å². The summed E-state index contributed by atoms with van der Waals surface area (Å²) in [5.41, 5.74) is -0.145. The molecule has 1 amide bonds. The van der Waals surface area contributed by atoms with E-state index in [9.17, 15) is 29.4 Å². The van der Waals surface area contributed by atoms with Crippen LogP contribution < -0.4 is 31.4 Å². The summed E-state index contributed by atoms with van der Waals surface area (Å²) in [5, 5.41) is 27.2. The van der Waals surface area contributed by atoms with Crippen molar-refractivity contribution in [3.05, 3.63) is 182 Å². The lowest BCUT2D eigenvalue weighted by Crippen LogP contribution is -2.34. The molecule has 4 aromatic heterocycles. The SMILES string of the molecule is CCOC(=O)c1c(O)c2c(Cl)ncnc2n(OCc2ccccc2)c1=O.O=C(Nc1ccccc1)c1c(O)c2c(Nc3ccccc3)ncnc2n(OCc2ccccc2)c1=O. The zero-order chi connectivity index (χ0) is 43.6. The van der Waals surface area contributed by atoms with Crippen molar-refractivity contribution in [2.45, 2.75) is 20.1 Å². The van der Waals surface area contributed by atoms with Gasteiger partial charge in [0, 0.05) is 11.4 Å². The molecule has 0 saturated carbocycles. The predicted molar refractivity (Wildman–Crippen MR) is 229 cm³/mol. The van der Waals surface area contributed by atoms with Gasteiger partial charge >= 0.3 is 17.1 Å². The van der Waals surface area contributed by atoms with Crippen LogP contribution in [-0.4, -0.2) is 58.1 Å². The number of pyridine rings is 2. The van der Waals surface area contributed by atoms with Gasteiger partial charge in [-0.2, -0.15) is 0 Å². The average Bonchev–Trinajstić information content (AvgIpc) is 3.28. The summed E-state index contributed by atoms with van der Waals surface area (Å²) in [6.45, 7) is 1.67. The third-order valence-corrected chi connectivity index (χ3v) is 9.20. The molecule has 4 aromatic carbocycles. The fourth-order valence-electron chi connectivity index (χ4n) is 6.04. The van der Waals surface area contributed by atoms with Gasteiger partial charge in [0.05, 0.1) is 6.61 Å². The lowest BCUT2D eigenvalue weighted by atomic mass is 10.1. The summed E-state index contributed by atoms with van der Waals surface area (Å²) in [6, 6.07) is 36.1. The second-order valence-corrected chi connectivity index (χ2v) is 13.3. The third-order valence-electron chi connectivity index (χ3n) is 8.92. The highest BCUT2D eigenvalue weighted by atomic mass is 35.5. The van der Waals surface area contributed by atoms with Crippen molar-refractivity contribution in [2.24, 2.45) is 0 Å². The number of benzene rings is 4. The van der Waals surface area contributed by atoms with Crippen molar-refractivity contribution < 1.29 is 34.2 Å². The molecule has 8 aromatic rings. The number of aromatic hydroxyl groups is 2. The van der Waals surface area contributed by atoms with Crippen molar-refractivity contribution >= 4 is 62.7 Å². The Morgan fingerprint density at radius 3 is 1.65 bits per heavy atom. The Bertz CT molecular complexity index is 2990. The number of ether oxygens (including phenoxy) is 1. The van der Waals surface area contributed by atoms with Crippen molar-refractivity contribution in [1.82, 2.24) is 29.4 Å². The van der Waals surface area contributed by atoms with Crippen LogP contribution in [0.4, 0.5) is 17.2 Å². The Labute approximate surface area is 356 Å². The Balaban J connectivity index is 0.000000197. The fraction of sp³-hybridized carbons (Fsp3) is 0.0909. The van der Waals surface area contributed by atoms with Crippen LogP contribution in [0.2, 0.25) is 5.15 Å². The van der Waals surface area contributed by atoms with Gasteiger partial charge in [-0.3, -0.25) is 14.4 Å². The maximum Gasteiger partial charge on any atom is 0.347 e. The molecule has 0 unspecified atom stereocenters. The Morgan fingerprint density at radius 1 is 0.629 bits per heavy atom. The van der Waals surface area contributed by atoms with Gasteiger partial charge in [0.1, 0.15) is 59.1 Å². The van der Waals surface area contributed by atoms with Crippen molar-refractivity contribution in [3.8, 4) is 11.5 Å². The molecule has 0 fully saturated rings. The molecule has 0 atom stereocenters. The number of nitrogens with zero attached hydrogens (tertiary/aromatic N) is 6. The first kappa shape index (κ1) is 41.8. The van der Waals surface area contributed by atoms with Gasteiger partial charge in [-0.1, -0.05) is 109 Å². The highest BCUT2D eigenvalue weighted by Gasteiger charge is 2.28. The number of hydrogen-bond donors (Lipinski definition) is 4. The number of rotatable bonds is 12. The first-order valence-electron chi connectivity index (χ1n) is 18.8. The molecule has 17 nitrogen and oxygen atoms in total. The summed E-state index contributed by atoms with van der Waals surface area (Å²) in [7, 11) is 0. The van der Waals surface area contributed by atoms with Crippen LogP contribution in [0.5, 0.6) is 11.5 Å². The highest BCUT2D eigenvalue weighted by molar-refractivity contribution is 6.34. The van der Waals surface area contributed by atoms with E-state index in [0.29, 0.717) is 11.4 Å². The van der Waals surface area contributed by atoms with Crippen molar-refractivity contribution in [2.75, 3.05) is 17.2 Å². The van der Waals surface area contributed by atoms with Crippen LogP contribution in [0.25, 0.3) is 22.1 Å². The lowest BCUT2D eigenvalue weighted by molar-refractivity contribution is 0.0507. The molecule has 4 N–H and O–H groups in total. The summed E-state index contributed by atoms with van der Waals surface area (Å²) in [6.07, 6.45) is 2.37. The van der Waals surface area contributed by atoms with Crippen LogP contribution in [-0.2, 0) is 18.0 Å². The number of anilines is 3. The topological polar surface area (TPSA) is 222 Å². The number of para-hydroxylation sites is 2. The summed E-state index contributed by atoms with van der Waals surface area (Å²) in [5.74, 6) is -2.78. The van der Waals surface area contributed by atoms with E-state index >= 15 is 0 Å². The van der Waals surface area contributed by atoms with Crippen LogP contribution in [0.1, 0.15) is 38.8 Å². The van der Waals surface area contributed by atoms with Gasteiger partial charge in [0.15, 0.2) is 22.4 Å². The zero-order valence-corrected chi connectivity index (χ0v) is 33.4. The average molecular weight is 855 g/mol. The largest absolute Gasteiger partial charge is 0.506 e. The minimum atomic E-state index is -0.992. The molecule has 312 valence electrons. The second kappa shape index (κ2) is 19.2. The smallest absolute Gasteiger partial charge is 0.347 e. The molecule has 62 heavy (non-hydrogen) atoms. The van der Waals surface area contributed by atoms with Crippen LogP contribution in [0.15, 0.2) is 144 Å². The minimum absolute atomic E-state index is 0.0122. The number of halogens is 1. The number of aromatic nitrogens is 6. The first-order chi connectivity index (χ1) is 30.2. The van der Waals surface area contributed by atoms with E-state index in [1.54, 1.807) is 37.3 Å². The normalized spacial score (nSPS) is 10.7. The molecule has 0 bridgehead atoms. The predicted octanol–water partition coefficient (Wildman–Crippen LogP) is 6.08. The first-order valence-corrected chi connectivity index (χ1v) is 19.1. The number of fused-ring (bicyclic) bond motifs is 2. The molecule has 0 aliphatic rings. The lowest BCUT2D eigenvalue weighted by Gasteiger charge is -2.17. The number of hydrogen-bond acceptors (Lipinski definition) is 14. The maximum atomic E-state index is 13.5. The number of esters is 1. The summed E-state index contributed by atoms with van der Waals surface area (Å²) in [4.78, 5) is 79.1. The molecule has 8 rings (SSSR count). The van der Waals surface area contributed by atoms with E-state index in [1.165, 1.54) is 6.33 Å². The molecule has 4 heterocycles. The standard InChI is InChI=1S/C27H21N5O4.C17H14ClN3O5/c33-23-21-24(30-19-12-6-2-7-13-19)28-17-29-25(21)32(36-16-18-10-4-1-5-11-18)27(35)22(23)26(34)31-20-14-8-3-9-15-20;1-2-25-17(24)12-13(22)11-14(18)19-9-20-15(11)21(16(12)23)26-8-10-6-4-3-5-7-10/h1-15,17,33H,16H2,(H,31,34)(H,28,29,30);3-7,9,22H,2,8H2,1H3. The second-order valence-electron chi connectivity index (χ2n) is 13.0. The molecular formula is C44H35ClN8O9. The van der Waals surface area contributed by atoms with Gasteiger partial charge in [-0.25, -0.2) is 24.7 Å². The Hall–Kier alpha value is -8.31. The molecule has 0 saturated heterocycles. The summed E-state index contributed by atoms with van der Waals surface area (Å²) >= 11 is 6.02. The minimum Gasteiger partial charge on any atom is -0.506 e. The maximum absolute atomic E-state index is 13.5. The van der Waals surface area contributed by atoms with Gasteiger partial charge in [-0.15, -0.1) is 9.46 Å². The van der Waals surface area contributed by atoms with E-state index in [1.807, 2.05) is 91.0 Å². The van der Waals surface area contributed by atoms with Crippen LogP contribution in [0.3, 0.4) is 0 Å². The Morgan fingerprint density at radius 2 is 1.10 bits per heavy atom. The molecule has 18 heteroatoms. The number of nitrogens with one attached hydrogen (secondary N) is 2. The third kappa shape index (κ3) is 9.12. The molecule has 0 aliphatic heterocycles. The molecule has 0 aliphatic carbocycles. The number of carbonyl (C=O) groups excluding carboxylic acids is 2. The van der Waals surface area contributed by atoms with Crippen LogP contribution >= 0.6 is 11.6 Å². The van der Waals surface area contributed by atoms with E-state index in [4.69, 9.17) is 26.0 Å². The van der Waals surface area contributed by atoms with E-state index in [2.05, 4.69) is 30.6 Å². The van der Waals surface area contributed by atoms with E-state index in [0.717, 1.165) is 26.9 Å². The summed E-state index contributed by atoms with van der Waals surface area (Å²) < 4.78 is 6.57. The highest BCUT2D eigenvalue weighted by Crippen LogP contribution is 2.33. The Kier molecular flexibility index (Phi) is 12.9. The molecule has 0 spiro atoms. The molecular weight excluding hydrogens is 820 g/mol. The van der Waals surface area contributed by atoms with Crippen molar-refractivity contribution in [3.63, 3.8) is 0 Å². The zero-order valence-electron chi connectivity index (χ0n) is 32.6. The van der Waals surface area contributed by atoms with Gasteiger partial charge in [0.2, 0.25) is 0 Å². The molecule has 0 radical (unpaired) electrons. The van der Waals surface area contributed by atoms with Gasteiger partial charge in [-0.05, 0) is 42.3 Å². The monoisotopic (exact) mass is 854 g/mol. The van der Waals surface area contributed by atoms with Gasteiger partial charge < -0.3 is 35.3 Å². The van der Waals surface area contributed by atoms with Crippen molar-refractivity contribution in [1.29, 1.82) is 0 Å².